The summed E-state index contributed by atoms with van der Waals surface area (Å²) in [7, 11) is 0. The summed E-state index contributed by atoms with van der Waals surface area (Å²) < 4.78 is 20.6. The molecule has 0 amide bonds. The van der Waals surface area contributed by atoms with E-state index in [2.05, 4.69) is 26.1 Å². The van der Waals surface area contributed by atoms with Crippen molar-refractivity contribution in [2.45, 2.75) is 6.54 Å². The maximum atomic E-state index is 14.2. The second-order valence-corrected chi connectivity index (χ2v) is 7.71. The highest BCUT2D eigenvalue weighted by Gasteiger charge is 2.16. The Hall–Kier alpha value is -1.54. The number of benzene rings is 2. The van der Waals surface area contributed by atoms with Gasteiger partial charge in [-0.05, 0) is 42.5 Å². The Bertz CT molecular complexity index is 753. The van der Waals surface area contributed by atoms with Crippen LogP contribution in [0.25, 0.3) is 0 Å². The third-order valence-corrected chi connectivity index (χ3v) is 5.38. The number of halogens is 2. The van der Waals surface area contributed by atoms with E-state index in [1.54, 1.807) is 12.1 Å². The first-order valence-electron chi connectivity index (χ1n) is 8.97. The molecule has 144 valence electrons. The molecule has 2 aromatic rings. The topological polar surface area (TPSA) is 27.7 Å². The van der Waals surface area contributed by atoms with Gasteiger partial charge in [0.05, 0.1) is 13.2 Å². The molecular formula is C20H23BrFN3OS. The van der Waals surface area contributed by atoms with Crippen molar-refractivity contribution in [3.05, 3.63) is 64.4 Å². The van der Waals surface area contributed by atoms with Gasteiger partial charge in [0, 0.05) is 48.4 Å². The Morgan fingerprint density at radius 3 is 2.56 bits per heavy atom. The van der Waals surface area contributed by atoms with Crippen molar-refractivity contribution in [1.29, 1.82) is 0 Å². The van der Waals surface area contributed by atoms with Crippen molar-refractivity contribution in [3.63, 3.8) is 0 Å². The van der Waals surface area contributed by atoms with Gasteiger partial charge in [-0.25, -0.2) is 4.39 Å². The molecule has 0 saturated carbocycles. The van der Waals surface area contributed by atoms with Gasteiger partial charge in [0.25, 0.3) is 0 Å². The zero-order valence-corrected chi connectivity index (χ0v) is 17.4. The molecule has 0 aliphatic carbocycles. The van der Waals surface area contributed by atoms with Crippen LogP contribution in [-0.2, 0) is 11.3 Å². The lowest BCUT2D eigenvalue weighted by molar-refractivity contribution is 0.0358. The second kappa shape index (κ2) is 10.1. The van der Waals surface area contributed by atoms with Crippen molar-refractivity contribution in [1.82, 2.24) is 9.80 Å². The van der Waals surface area contributed by atoms with E-state index in [-0.39, 0.29) is 5.82 Å². The smallest absolute Gasteiger partial charge is 0.173 e. The van der Waals surface area contributed by atoms with Crippen molar-refractivity contribution >= 4 is 38.9 Å². The van der Waals surface area contributed by atoms with Crippen LogP contribution in [0.3, 0.4) is 0 Å². The molecular weight excluding hydrogens is 429 g/mol. The number of ether oxygens (including phenoxy) is 1. The van der Waals surface area contributed by atoms with Crippen LogP contribution >= 0.6 is 28.1 Å². The lowest BCUT2D eigenvalue weighted by Crippen LogP contribution is -2.44. The zero-order valence-electron chi connectivity index (χ0n) is 15.0. The van der Waals surface area contributed by atoms with Gasteiger partial charge in [0.2, 0.25) is 0 Å². The highest BCUT2D eigenvalue weighted by Crippen LogP contribution is 2.16. The number of hydrogen-bond donors (Lipinski definition) is 1. The fraction of sp³-hybridized carbons (Fsp3) is 0.350. The Kier molecular flexibility index (Phi) is 7.58. The first-order chi connectivity index (χ1) is 13.1. The van der Waals surface area contributed by atoms with E-state index in [0.29, 0.717) is 17.2 Å². The van der Waals surface area contributed by atoms with Crippen molar-refractivity contribution in [3.8, 4) is 0 Å². The fourth-order valence-corrected chi connectivity index (χ4v) is 3.45. The van der Waals surface area contributed by atoms with Gasteiger partial charge in [-0.2, -0.15) is 0 Å². The maximum absolute atomic E-state index is 14.2. The molecule has 0 bridgehead atoms. The first-order valence-corrected chi connectivity index (χ1v) is 10.2. The van der Waals surface area contributed by atoms with E-state index < -0.39 is 0 Å². The number of rotatable bonds is 6. The lowest BCUT2D eigenvalue weighted by atomic mass is 10.2. The van der Waals surface area contributed by atoms with E-state index in [0.717, 1.165) is 49.6 Å². The average molecular weight is 452 g/mol. The summed E-state index contributed by atoms with van der Waals surface area (Å²) in [5.74, 6) is -0.208. The van der Waals surface area contributed by atoms with Crippen LogP contribution < -0.4 is 5.32 Å². The van der Waals surface area contributed by atoms with Gasteiger partial charge >= 0.3 is 0 Å². The monoisotopic (exact) mass is 451 g/mol. The molecule has 1 N–H and O–H groups in total. The van der Waals surface area contributed by atoms with Gasteiger partial charge in [-0.1, -0.05) is 34.1 Å². The highest BCUT2D eigenvalue weighted by molar-refractivity contribution is 9.10. The van der Waals surface area contributed by atoms with Gasteiger partial charge in [-0.15, -0.1) is 0 Å². The molecule has 1 aliphatic rings. The molecule has 1 saturated heterocycles. The number of anilines is 1. The van der Waals surface area contributed by atoms with E-state index >= 15 is 0 Å². The molecule has 0 atom stereocenters. The molecule has 0 radical (unpaired) electrons. The zero-order chi connectivity index (χ0) is 19.1. The Morgan fingerprint density at radius 1 is 1.15 bits per heavy atom. The fourth-order valence-electron chi connectivity index (χ4n) is 2.91. The Balaban J connectivity index is 1.68. The lowest BCUT2D eigenvalue weighted by Gasteiger charge is -2.31. The van der Waals surface area contributed by atoms with Crippen LogP contribution in [0.2, 0.25) is 0 Å². The summed E-state index contributed by atoms with van der Waals surface area (Å²) >= 11 is 9.07. The standard InChI is InChI=1S/C20H23BrFN3OS/c21-17-5-7-18(8-6-17)23-20(27)25(10-9-24-11-13-26-14-12-24)15-16-3-1-2-4-19(16)22/h1-8H,9-15H2,(H,23,27). The number of morpholine rings is 1. The van der Waals surface area contributed by atoms with Gasteiger partial charge in [0.1, 0.15) is 5.82 Å². The largest absolute Gasteiger partial charge is 0.379 e. The Labute approximate surface area is 173 Å². The third-order valence-electron chi connectivity index (χ3n) is 4.49. The predicted octanol–water partition coefficient (Wildman–Crippen LogP) is 4.12. The summed E-state index contributed by atoms with van der Waals surface area (Å²) in [4.78, 5) is 4.37. The minimum Gasteiger partial charge on any atom is -0.379 e. The number of nitrogens with one attached hydrogen (secondary N) is 1. The summed E-state index contributed by atoms with van der Waals surface area (Å²) in [6.45, 7) is 5.36. The summed E-state index contributed by atoms with van der Waals surface area (Å²) in [5.41, 5.74) is 1.55. The third kappa shape index (κ3) is 6.24. The quantitative estimate of drug-likeness (QED) is 0.666. The molecule has 1 heterocycles. The molecule has 0 spiro atoms. The predicted molar refractivity (Wildman–Crippen MR) is 114 cm³/mol. The van der Waals surface area contributed by atoms with Crippen LogP contribution in [0.15, 0.2) is 53.0 Å². The van der Waals surface area contributed by atoms with Gasteiger partial charge in [-0.3, -0.25) is 4.90 Å². The first kappa shape index (κ1) is 20.2. The van der Waals surface area contributed by atoms with E-state index in [1.165, 1.54) is 6.07 Å². The molecule has 2 aromatic carbocycles. The van der Waals surface area contributed by atoms with Crippen LogP contribution in [0, 0.1) is 5.82 Å². The van der Waals surface area contributed by atoms with Crippen LogP contribution in [0.5, 0.6) is 0 Å². The molecule has 4 nitrogen and oxygen atoms in total. The summed E-state index contributed by atoms with van der Waals surface area (Å²) in [6.07, 6.45) is 0. The molecule has 27 heavy (non-hydrogen) atoms. The second-order valence-electron chi connectivity index (χ2n) is 6.40. The SMILES string of the molecule is Fc1ccccc1CN(CCN1CCOCC1)C(=S)Nc1ccc(Br)cc1. The summed E-state index contributed by atoms with van der Waals surface area (Å²) in [6, 6.07) is 14.7. The van der Waals surface area contributed by atoms with Crippen LogP contribution in [-0.4, -0.2) is 54.3 Å². The molecule has 3 rings (SSSR count). The van der Waals surface area contributed by atoms with E-state index in [4.69, 9.17) is 17.0 Å². The van der Waals surface area contributed by atoms with Crippen molar-refractivity contribution in [2.75, 3.05) is 44.7 Å². The molecule has 1 fully saturated rings. The van der Waals surface area contributed by atoms with E-state index in [1.807, 2.05) is 35.2 Å². The normalized spacial score (nSPS) is 14.7. The minimum atomic E-state index is -0.208. The van der Waals surface area contributed by atoms with Crippen molar-refractivity contribution < 1.29 is 9.13 Å². The van der Waals surface area contributed by atoms with Crippen LogP contribution in [0.4, 0.5) is 10.1 Å². The van der Waals surface area contributed by atoms with Gasteiger partial charge < -0.3 is 15.0 Å². The number of nitrogens with zero attached hydrogens (tertiary/aromatic N) is 2. The van der Waals surface area contributed by atoms with Gasteiger partial charge in [0.15, 0.2) is 5.11 Å². The van der Waals surface area contributed by atoms with Crippen LogP contribution in [0.1, 0.15) is 5.56 Å². The average Bonchev–Trinajstić information content (AvgIpc) is 2.69. The number of hydrogen-bond acceptors (Lipinski definition) is 3. The highest BCUT2D eigenvalue weighted by atomic mass is 79.9. The minimum absolute atomic E-state index is 0.208. The number of thiocarbonyl (C=S) groups is 1. The molecule has 0 unspecified atom stereocenters. The molecule has 7 heteroatoms. The molecule has 0 aromatic heterocycles. The molecule has 1 aliphatic heterocycles. The maximum Gasteiger partial charge on any atom is 0.173 e. The summed E-state index contributed by atoms with van der Waals surface area (Å²) in [5, 5.41) is 3.86. The van der Waals surface area contributed by atoms with E-state index in [9.17, 15) is 4.39 Å². The Morgan fingerprint density at radius 2 is 1.85 bits per heavy atom. The van der Waals surface area contributed by atoms with Crippen molar-refractivity contribution in [2.24, 2.45) is 0 Å².